The molecule has 2 heterocycles. The number of hydrogen-bond acceptors (Lipinski definition) is 4. The van der Waals surface area contributed by atoms with Crippen molar-refractivity contribution in [3.63, 3.8) is 0 Å². The van der Waals surface area contributed by atoms with Crippen LogP contribution in [0.15, 0.2) is 45.1 Å². The lowest BCUT2D eigenvalue weighted by molar-refractivity contribution is -0.113. The van der Waals surface area contributed by atoms with Crippen molar-refractivity contribution in [2.45, 2.75) is 0 Å². The third kappa shape index (κ3) is 3.11. The summed E-state index contributed by atoms with van der Waals surface area (Å²) in [4.78, 5) is 15.4. The van der Waals surface area contributed by atoms with Crippen LogP contribution >= 0.6 is 51.2 Å². The molecule has 0 aliphatic carbocycles. The third-order valence-electron chi connectivity index (χ3n) is 2.74. The Morgan fingerprint density at radius 2 is 2.00 bits per heavy atom. The Hall–Kier alpha value is -1.02. The Morgan fingerprint density at radius 1 is 1.29 bits per heavy atom. The summed E-state index contributed by atoms with van der Waals surface area (Å²) in [5, 5.41) is 1.95. The number of carbonyl (C=O) groups excluding carboxylic acids is 1. The summed E-state index contributed by atoms with van der Waals surface area (Å²) in [6.45, 7) is 0. The van der Waals surface area contributed by atoms with Gasteiger partial charge in [0.15, 0.2) is 4.32 Å². The van der Waals surface area contributed by atoms with Crippen LogP contribution < -0.4 is 4.90 Å². The molecule has 0 bridgehead atoms. The molecule has 1 aliphatic heterocycles. The first-order chi connectivity index (χ1) is 10.0. The van der Waals surface area contributed by atoms with E-state index in [1.165, 1.54) is 40.1 Å². The number of halogens is 2. The number of hydrogen-bond donors (Lipinski definition) is 0. The predicted molar refractivity (Wildman–Crippen MR) is 94.1 cm³/mol. The third-order valence-corrected chi connectivity index (χ3v) is 5.68. The highest BCUT2D eigenvalue weighted by molar-refractivity contribution is 9.10. The molecule has 21 heavy (non-hydrogen) atoms. The van der Waals surface area contributed by atoms with E-state index in [-0.39, 0.29) is 11.7 Å². The van der Waals surface area contributed by atoms with Crippen LogP contribution in [0.25, 0.3) is 6.08 Å². The lowest BCUT2D eigenvalue weighted by Gasteiger charge is -2.14. The van der Waals surface area contributed by atoms with E-state index >= 15 is 0 Å². The van der Waals surface area contributed by atoms with Crippen molar-refractivity contribution in [2.75, 3.05) is 4.90 Å². The molecule has 2 aromatic rings. The first-order valence-corrected chi connectivity index (χ1v) is 8.72. The molecule has 1 aliphatic rings. The van der Waals surface area contributed by atoms with Gasteiger partial charge in [-0.1, -0.05) is 24.0 Å². The SMILES string of the molecule is O=C1/C(=C\c2cc(Br)cs2)SC(=S)N1c1ccc(F)cc1. The van der Waals surface area contributed by atoms with Gasteiger partial charge in [-0.2, -0.15) is 0 Å². The van der Waals surface area contributed by atoms with Crippen molar-refractivity contribution >= 4 is 73.2 Å². The van der Waals surface area contributed by atoms with Crippen molar-refractivity contribution in [2.24, 2.45) is 0 Å². The molecule has 1 aromatic heterocycles. The maximum atomic E-state index is 13.0. The fraction of sp³-hybridized carbons (Fsp3) is 0. The molecular weight excluding hydrogens is 393 g/mol. The van der Waals surface area contributed by atoms with E-state index in [0.717, 1.165) is 9.35 Å². The molecule has 1 aromatic carbocycles. The van der Waals surface area contributed by atoms with Crippen molar-refractivity contribution in [1.29, 1.82) is 0 Å². The molecule has 0 atom stereocenters. The van der Waals surface area contributed by atoms with E-state index in [9.17, 15) is 9.18 Å². The Balaban J connectivity index is 1.92. The lowest BCUT2D eigenvalue weighted by atomic mass is 10.3. The van der Waals surface area contributed by atoms with Gasteiger partial charge < -0.3 is 0 Å². The fourth-order valence-electron chi connectivity index (χ4n) is 1.81. The highest BCUT2D eigenvalue weighted by Crippen LogP contribution is 2.37. The average Bonchev–Trinajstić information content (AvgIpc) is 2.96. The molecular formula is C14H7BrFNOS3. The number of benzene rings is 1. The summed E-state index contributed by atoms with van der Waals surface area (Å²) in [5.41, 5.74) is 0.578. The molecule has 0 spiro atoms. The molecule has 1 fully saturated rings. The van der Waals surface area contributed by atoms with Gasteiger partial charge in [-0.15, -0.1) is 11.3 Å². The minimum absolute atomic E-state index is 0.180. The van der Waals surface area contributed by atoms with Gasteiger partial charge in [0.1, 0.15) is 5.82 Å². The summed E-state index contributed by atoms with van der Waals surface area (Å²) >= 11 is 11.4. The number of thiophene rings is 1. The second-order valence-electron chi connectivity index (χ2n) is 4.16. The van der Waals surface area contributed by atoms with Crippen LogP contribution in [0, 0.1) is 5.82 Å². The molecule has 1 saturated heterocycles. The van der Waals surface area contributed by atoms with Crippen LogP contribution in [0.3, 0.4) is 0 Å². The Labute approximate surface area is 142 Å². The van der Waals surface area contributed by atoms with Crippen molar-refractivity contribution in [1.82, 2.24) is 0 Å². The van der Waals surface area contributed by atoms with Gasteiger partial charge in [0.05, 0.1) is 10.6 Å². The summed E-state index contributed by atoms with van der Waals surface area (Å²) < 4.78 is 14.4. The molecule has 7 heteroatoms. The van der Waals surface area contributed by atoms with E-state index in [1.54, 1.807) is 12.1 Å². The number of carbonyl (C=O) groups is 1. The van der Waals surface area contributed by atoms with Crippen LogP contribution in [-0.4, -0.2) is 10.2 Å². The number of thioether (sulfide) groups is 1. The van der Waals surface area contributed by atoms with Gasteiger partial charge in [-0.25, -0.2) is 4.39 Å². The number of amides is 1. The van der Waals surface area contributed by atoms with Crippen LogP contribution in [-0.2, 0) is 4.79 Å². The van der Waals surface area contributed by atoms with E-state index in [0.29, 0.717) is 14.9 Å². The zero-order valence-electron chi connectivity index (χ0n) is 10.4. The van der Waals surface area contributed by atoms with E-state index in [1.807, 2.05) is 17.5 Å². The highest BCUT2D eigenvalue weighted by atomic mass is 79.9. The van der Waals surface area contributed by atoms with Crippen LogP contribution in [0.2, 0.25) is 0 Å². The maximum Gasteiger partial charge on any atom is 0.270 e. The van der Waals surface area contributed by atoms with E-state index < -0.39 is 0 Å². The number of anilines is 1. The highest BCUT2D eigenvalue weighted by Gasteiger charge is 2.33. The molecule has 0 N–H and O–H groups in total. The zero-order valence-corrected chi connectivity index (χ0v) is 14.4. The number of rotatable bonds is 2. The summed E-state index contributed by atoms with van der Waals surface area (Å²) in [7, 11) is 0. The quantitative estimate of drug-likeness (QED) is 0.520. The smallest absolute Gasteiger partial charge is 0.268 e. The van der Waals surface area contributed by atoms with Crippen molar-refractivity contribution in [3.05, 3.63) is 55.8 Å². The first-order valence-electron chi connectivity index (χ1n) is 5.82. The Bertz CT molecular complexity index is 754. The minimum Gasteiger partial charge on any atom is -0.268 e. The van der Waals surface area contributed by atoms with Gasteiger partial charge in [-0.3, -0.25) is 9.69 Å². The number of thiocarbonyl (C=S) groups is 1. The van der Waals surface area contributed by atoms with Crippen LogP contribution in [0.1, 0.15) is 4.88 Å². The van der Waals surface area contributed by atoms with Gasteiger partial charge in [-0.05, 0) is 52.3 Å². The first kappa shape index (κ1) is 14.9. The van der Waals surface area contributed by atoms with Gasteiger partial charge >= 0.3 is 0 Å². The van der Waals surface area contributed by atoms with Crippen molar-refractivity contribution < 1.29 is 9.18 Å². The van der Waals surface area contributed by atoms with Crippen LogP contribution in [0.4, 0.5) is 10.1 Å². The summed E-state index contributed by atoms with van der Waals surface area (Å²) in [5.74, 6) is -0.524. The fourth-order valence-corrected chi connectivity index (χ4v) is 4.55. The molecule has 106 valence electrons. The van der Waals surface area contributed by atoms with Gasteiger partial charge in [0.25, 0.3) is 5.91 Å². The second kappa shape index (κ2) is 6.00. The monoisotopic (exact) mass is 399 g/mol. The average molecular weight is 400 g/mol. The Kier molecular flexibility index (Phi) is 4.26. The second-order valence-corrected chi connectivity index (χ2v) is 7.70. The maximum absolute atomic E-state index is 13.0. The minimum atomic E-state index is -0.344. The van der Waals surface area contributed by atoms with E-state index in [4.69, 9.17) is 12.2 Å². The molecule has 1 amide bonds. The van der Waals surface area contributed by atoms with Gasteiger partial charge in [0.2, 0.25) is 0 Å². The zero-order chi connectivity index (χ0) is 15.0. The standard InChI is InChI=1S/C14H7BrFNOS3/c15-8-5-11(20-7-8)6-12-13(18)17(14(19)21-12)10-3-1-9(16)2-4-10/h1-7H/b12-6+. The largest absolute Gasteiger partial charge is 0.270 e. The van der Waals surface area contributed by atoms with E-state index in [2.05, 4.69) is 15.9 Å². The topological polar surface area (TPSA) is 20.3 Å². The summed E-state index contributed by atoms with van der Waals surface area (Å²) in [6, 6.07) is 7.66. The predicted octanol–water partition coefficient (Wildman–Crippen LogP) is 5.06. The molecule has 2 nitrogen and oxygen atoms in total. The molecule has 0 saturated carbocycles. The number of nitrogens with zero attached hydrogens (tertiary/aromatic N) is 1. The lowest BCUT2D eigenvalue weighted by Crippen LogP contribution is -2.27. The van der Waals surface area contributed by atoms with Crippen molar-refractivity contribution in [3.8, 4) is 0 Å². The molecule has 0 radical (unpaired) electrons. The Morgan fingerprint density at radius 3 is 2.62 bits per heavy atom. The summed E-state index contributed by atoms with van der Waals surface area (Å²) in [6.07, 6.45) is 1.82. The molecule has 3 rings (SSSR count). The molecule has 0 unspecified atom stereocenters. The van der Waals surface area contributed by atoms with Gasteiger partial charge in [0, 0.05) is 14.7 Å². The van der Waals surface area contributed by atoms with Crippen LogP contribution in [0.5, 0.6) is 0 Å². The normalized spacial score (nSPS) is 17.0.